The van der Waals surface area contributed by atoms with Gasteiger partial charge in [-0.2, -0.15) is 0 Å². The number of aliphatic hydroxyl groups is 1. The van der Waals surface area contributed by atoms with E-state index in [-0.39, 0.29) is 0 Å². The number of carboxylic acid groups (broad SMARTS) is 2. The Morgan fingerprint density at radius 1 is 0.724 bits per heavy atom. The Kier molecular flexibility index (Phi) is 13.6. The van der Waals surface area contributed by atoms with Crippen LogP contribution in [0.2, 0.25) is 0 Å². The van der Waals surface area contributed by atoms with Crippen LogP contribution in [0.4, 0.5) is 0 Å². The number of hydrogen-bond donors (Lipinski definition) is 3. The van der Waals surface area contributed by atoms with Gasteiger partial charge in [0.15, 0.2) is 5.60 Å². The molecule has 0 bridgehead atoms. The number of carbonyl (C=O) groups is 3. The molecule has 7 heteroatoms. The molecule has 0 aromatic carbocycles. The smallest absolute Gasteiger partial charge is 0.336 e. The normalized spacial score (nSPS) is 13.7. The van der Waals surface area contributed by atoms with Crippen LogP contribution in [0.5, 0.6) is 0 Å². The van der Waals surface area contributed by atoms with E-state index in [1.54, 1.807) is 0 Å². The van der Waals surface area contributed by atoms with E-state index in [0.717, 1.165) is 57.8 Å². The fourth-order valence-electron chi connectivity index (χ4n) is 3.56. The fraction of sp³-hybridized carbons (Fsp3) is 0.864. The summed E-state index contributed by atoms with van der Waals surface area (Å²) in [4.78, 5) is 34.9. The summed E-state index contributed by atoms with van der Waals surface area (Å²) < 4.78 is 5.82. The average Bonchev–Trinajstić information content (AvgIpc) is 2.63. The van der Waals surface area contributed by atoms with Gasteiger partial charge in [-0.25, -0.2) is 4.79 Å². The van der Waals surface area contributed by atoms with Gasteiger partial charge >= 0.3 is 17.9 Å². The van der Waals surface area contributed by atoms with Gasteiger partial charge in [-0.15, -0.1) is 0 Å². The van der Waals surface area contributed by atoms with E-state index in [0.29, 0.717) is 19.3 Å². The van der Waals surface area contributed by atoms with Gasteiger partial charge in [0.25, 0.3) is 0 Å². The highest BCUT2D eigenvalue weighted by Gasteiger charge is 2.43. The number of carboxylic acids is 2. The maximum atomic E-state index is 12.6. The van der Waals surface area contributed by atoms with E-state index in [4.69, 9.17) is 9.84 Å². The Morgan fingerprint density at radius 3 is 1.66 bits per heavy atom. The first-order chi connectivity index (χ1) is 13.6. The lowest BCUT2D eigenvalue weighted by atomic mass is 9.85. The molecule has 0 aliphatic carbocycles. The lowest BCUT2D eigenvalue weighted by Crippen LogP contribution is -2.45. The van der Waals surface area contributed by atoms with Gasteiger partial charge in [0.2, 0.25) is 0 Å². The summed E-state index contributed by atoms with van der Waals surface area (Å²) in [5.74, 6) is -4.07. The molecule has 0 aliphatic heterocycles. The summed E-state index contributed by atoms with van der Waals surface area (Å²) in [7, 11) is 0. The molecule has 1 atom stereocenters. The van der Waals surface area contributed by atoms with E-state index in [1.807, 2.05) is 0 Å². The minimum Gasteiger partial charge on any atom is -0.481 e. The predicted molar refractivity (Wildman–Crippen MR) is 111 cm³/mol. The second-order valence-electron chi connectivity index (χ2n) is 8.11. The van der Waals surface area contributed by atoms with Crippen LogP contribution in [0.25, 0.3) is 0 Å². The summed E-state index contributed by atoms with van der Waals surface area (Å²) in [6, 6.07) is 0. The van der Waals surface area contributed by atoms with E-state index in [9.17, 15) is 24.6 Å². The van der Waals surface area contributed by atoms with Crippen molar-refractivity contribution in [3.05, 3.63) is 0 Å². The van der Waals surface area contributed by atoms with Crippen molar-refractivity contribution in [2.24, 2.45) is 0 Å². The van der Waals surface area contributed by atoms with Crippen molar-refractivity contribution in [2.75, 3.05) is 0 Å². The molecule has 3 N–H and O–H groups in total. The van der Waals surface area contributed by atoms with Crippen LogP contribution in [-0.4, -0.2) is 44.4 Å². The summed E-state index contributed by atoms with van der Waals surface area (Å²) in [5.41, 5.74) is -3.34. The molecule has 0 rings (SSSR count). The lowest BCUT2D eigenvalue weighted by Gasteiger charge is -2.35. The van der Waals surface area contributed by atoms with Gasteiger partial charge in [0.05, 0.1) is 12.8 Å². The van der Waals surface area contributed by atoms with Crippen molar-refractivity contribution in [3.8, 4) is 0 Å². The number of unbranched alkanes of at least 4 members (excludes halogenated alkanes) is 6. The van der Waals surface area contributed by atoms with Gasteiger partial charge in [-0.1, -0.05) is 59.3 Å². The number of carbonyl (C=O) groups excluding carboxylic acids is 1. The molecule has 0 fully saturated rings. The largest absolute Gasteiger partial charge is 0.481 e. The molecule has 0 saturated carbocycles. The molecular formula is C22H40O7. The first-order valence-electron chi connectivity index (χ1n) is 11.0. The fourth-order valence-corrected chi connectivity index (χ4v) is 3.56. The van der Waals surface area contributed by atoms with E-state index < -0.39 is 42.0 Å². The highest BCUT2D eigenvalue weighted by Crippen LogP contribution is 2.33. The second-order valence-corrected chi connectivity index (χ2v) is 8.11. The zero-order valence-electron chi connectivity index (χ0n) is 18.4. The van der Waals surface area contributed by atoms with Crippen LogP contribution in [0.3, 0.4) is 0 Å². The molecule has 170 valence electrons. The lowest BCUT2D eigenvalue weighted by molar-refractivity contribution is -0.179. The Hall–Kier alpha value is -1.63. The summed E-state index contributed by atoms with van der Waals surface area (Å²) in [6.45, 7) is 6.27. The molecular weight excluding hydrogens is 376 g/mol. The van der Waals surface area contributed by atoms with Gasteiger partial charge in [0.1, 0.15) is 5.60 Å². The number of esters is 1. The molecule has 0 amide bonds. The van der Waals surface area contributed by atoms with Gasteiger partial charge in [-0.05, 0) is 38.5 Å². The molecule has 0 aromatic heterocycles. The topological polar surface area (TPSA) is 121 Å². The van der Waals surface area contributed by atoms with Gasteiger partial charge < -0.3 is 20.1 Å². The van der Waals surface area contributed by atoms with Crippen molar-refractivity contribution >= 4 is 17.9 Å². The maximum absolute atomic E-state index is 12.6. The third kappa shape index (κ3) is 11.2. The van der Waals surface area contributed by atoms with E-state index in [1.165, 1.54) is 0 Å². The quantitative estimate of drug-likeness (QED) is 0.219. The number of aliphatic carboxylic acids is 2. The van der Waals surface area contributed by atoms with Gasteiger partial charge in [-0.3, -0.25) is 9.59 Å². The van der Waals surface area contributed by atoms with Crippen LogP contribution in [0.1, 0.15) is 111 Å². The Labute approximate surface area is 174 Å². The SMILES string of the molecule is CCCCCCCC(CCCC)(CCCC)OC(=O)CC(O)(CC(=O)O)C(=O)O. The Bertz CT molecular complexity index is 495. The monoisotopic (exact) mass is 416 g/mol. The minimum absolute atomic E-state index is 0.683. The molecule has 0 aromatic rings. The van der Waals surface area contributed by atoms with E-state index >= 15 is 0 Å². The summed E-state index contributed by atoms with van der Waals surface area (Å²) in [6.07, 6.45) is 9.19. The first-order valence-corrected chi connectivity index (χ1v) is 11.0. The molecule has 0 radical (unpaired) electrons. The molecule has 29 heavy (non-hydrogen) atoms. The van der Waals surface area contributed by atoms with Crippen LogP contribution < -0.4 is 0 Å². The molecule has 7 nitrogen and oxygen atoms in total. The third-order valence-corrected chi connectivity index (χ3v) is 5.32. The molecule has 0 saturated heterocycles. The van der Waals surface area contributed by atoms with Crippen molar-refractivity contribution in [1.82, 2.24) is 0 Å². The Morgan fingerprint density at radius 2 is 1.21 bits per heavy atom. The second kappa shape index (κ2) is 14.4. The van der Waals surface area contributed by atoms with E-state index in [2.05, 4.69) is 20.8 Å². The molecule has 0 heterocycles. The van der Waals surface area contributed by atoms with Crippen LogP contribution >= 0.6 is 0 Å². The van der Waals surface area contributed by atoms with Crippen molar-refractivity contribution in [1.29, 1.82) is 0 Å². The standard InChI is InChI=1S/C22H40O7/c1-4-7-10-11-12-15-21(13-8-5-2,14-9-6-3)29-19(25)17-22(28,20(26)27)16-18(23)24/h28H,4-17H2,1-3H3,(H,23,24)(H,26,27). The van der Waals surface area contributed by atoms with Crippen LogP contribution in [0, 0.1) is 0 Å². The zero-order chi connectivity index (χ0) is 22.3. The highest BCUT2D eigenvalue weighted by atomic mass is 16.6. The summed E-state index contributed by atoms with van der Waals surface area (Å²) in [5, 5.41) is 28.3. The summed E-state index contributed by atoms with van der Waals surface area (Å²) >= 11 is 0. The zero-order valence-corrected chi connectivity index (χ0v) is 18.4. The number of rotatable bonds is 18. The van der Waals surface area contributed by atoms with Crippen LogP contribution in [-0.2, 0) is 19.1 Å². The van der Waals surface area contributed by atoms with Crippen molar-refractivity contribution in [2.45, 2.75) is 122 Å². The molecule has 1 unspecified atom stereocenters. The Balaban J connectivity index is 5.31. The maximum Gasteiger partial charge on any atom is 0.336 e. The molecule has 0 spiro atoms. The third-order valence-electron chi connectivity index (χ3n) is 5.32. The number of ether oxygens (including phenoxy) is 1. The predicted octanol–water partition coefficient (Wildman–Crippen LogP) is 4.69. The first kappa shape index (κ1) is 27.4. The van der Waals surface area contributed by atoms with Gasteiger partial charge in [0, 0.05) is 0 Å². The molecule has 0 aliphatic rings. The number of hydrogen-bond acceptors (Lipinski definition) is 5. The van der Waals surface area contributed by atoms with Crippen molar-refractivity contribution < 1.29 is 34.4 Å². The van der Waals surface area contributed by atoms with Crippen LogP contribution in [0.15, 0.2) is 0 Å². The average molecular weight is 417 g/mol. The van der Waals surface area contributed by atoms with Crippen molar-refractivity contribution in [3.63, 3.8) is 0 Å². The minimum atomic E-state index is -2.66. The highest BCUT2D eigenvalue weighted by molar-refractivity contribution is 5.88.